The van der Waals surface area contributed by atoms with E-state index in [4.69, 9.17) is 0 Å². The summed E-state index contributed by atoms with van der Waals surface area (Å²) in [6.07, 6.45) is 2.91. The lowest BCUT2D eigenvalue weighted by Crippen LogP contribution is -2.42. The van der Waals surface area contributed by atoms with Gasteiger partial charge in [-0.3, -0.25) is 0 Å². The SMILES string of the molecule is O=S(=O)(NCC1CCN(S(=O)(=O)C2CC2)CC1)c1ccccc1Br. The molecular weight excluding hydrogens is 416 g/mol. The molecule has 9 heteroatoms. The fraction of sp³-hybridized carbons (Fsp3) is 0.600. The zero-order valence-electron chi connectivity index (χ0n) is 13.2. The summed E-state index contributed by atoms with van der Waals surface area (Å²) in [5, 5.41) is -0.178. The first-order valence-electron chi connectivity index (χ1n) is 8.04. The monoisotopic (exact) mass is 436 g/mol. The van der Waals surface area contributed by atoms with E-state index in [1.165, 1.54) is 0 Å². The van der Waals surface area contributed by atoms with Crippen molar-refractivity contribution in [2.75, 3.05) is 19.6 Å². The molecule has 0 unspecified atom stereocenters. The molecule has 0 spiro atoms. The van der Waals surface area contributed by atoms with Crippen LogP contribution < -0.4 is 4.72 Å². The van der Waals surface area contributed by atoms with Crippen molar-refractivity contribution in [3.05, 3.63) is 28.7 Å². The minimum atomic E-state index is -3.56. The third-order valence-corrected chi connectivity index (χ3v) is 9.40. The maximum absolute atomic E-state index is 12.4. The van der Waals surface area contributed by atoms with E-state index in [1.54, 1.807) is 28.6 Å². The molecule has 0 aromatic heterocycles. The molecule has 0 bridgehead atoms. The van der Waals surface area contributed by atoms with Crippen LogP contribution in [0, 0.1) is 5.92 Å². The first-order chi connectivity index (χ1) is 11.3. The van der Waals surface area contributed by atoms with E-state index >= 15 is 0 Å². The van der Waals surface area contributed by atoms with E-state index in [1.807, 2.05) is 0 Å². The summed E-state index contributed by atoms with van der Waals surface area (Å²) in [4.78, 5) is 0.221. The Bertz CT molecular complexity index is 799. The van der Waals surface area contributed by atoms with E-state index in [9.17, 15) is 16.8 Å². The van der Waals surface area contributed by atoms with Gasteiger partial charge >= 0.3 is 0 Å². The van der Waals surface area contributed by atoms with Crippen LogP contribution in [-0.2, 0) is 20.0 Å². The van der Waals surface area contributed by atoms with Crippen molar-refractivity contribution >= 4 is 36.0 Å². The van der Waals surface area contributed by atoms with Gasteiger partial charge in [0.05, 0.1) is 10.1 Å². The van der Waals surface area contributed by atoms with Crippen LogP contribution in [0.1, 0.15) is 25.7 Å². The quantitative estimate of drug-likeness (QED) is 0.737. The lowest BCUT2D eigenvalue weighted by atomic mass is 9.99. The number of nitrogens with one attached hydrogen (secondary N) is 1. The van der Waals surface area contributed by atoms with Crippen LogP contribution in [0.4, 0.5) is 0 Å². The van der Waals surface area contributed by atoms with E-state index in [2.05, 4.69) is 20.7 Å². The molecule has 1 aromatic carbocycles. The van der Waals surface area contributed by atoms with E-state index in [0.717, 1.165) is 12.8 Å². The first kappa shape index (κ1) is 18.3. The van der Waals surface area contributed by atoms with Crippen LogP contribution >= 0.6 is 15.9 Å². The van der Waals surface area contributed by atoms with Crippen LogP contribution in [0.5, 0.6) is 0 Å². The Morgan fingerprint density at radius 3 is 2.25 bits per heavy atom. The predicted octanol–water partition coefficient (Wildman–Crippen LogP) is 1.93. The van der Waals surface area contributed by atoms with Gasteiger partial charge in [0.25, 0.3) is 0 Å². The van der Waals surface area contributed by atoms with Crippen molar-refractivity contribution in [1.82, 2.24) is 9.03 Å². The van der Waals surface area contributed by atoms with Crippen molar-refractivity contribution in [2.24, 2.45) is 5.92 Å². The molecule has 1 saturated heterocycles. The minimum absolute atomic E-state index is 0.160. The first-order valence-corrected chi connectivity index (χ1v) is 11.8. The minimum Gasteiger partial charge on any atom is -0.212 e. The van der Waals surface area contributed by atoms with Gasteiger partial charge in [0.2, 0.25) is 20.0 Å². The normalized spacial score (nSPS) is 21.0. The average Bonchev–Trinajstić information content (AvgIpc) is 3.39. The lowest BCUT2D eigenvalue weighted by Gasteiger charge is -2.31. The number of rotatable bonds is 6. The molecule has 134 valence electrons. The summed E-state index contributed by atoms with van der Waals surface area (Å²) in [6, 6.07) is 6.69. The number of hydrogen-bond acceptors (Lipinski definition) is 4. The number of benzene rings is 1. The lowest BCUT2D eigenvalue weighted by molar-refractivity contribution is 0.274. The van der Waals surface area contributed by atoms with Gasteiger partial charge in [-0.1, -0.05) is 12.1 Å². The Morgan fingerprint density at radius 2 is 1.67 bits per heavy atom. The van der Waals surface area contributed by atoms with Gasteiger partial charge in [0.1, 0.15) is 0 Å². The predicted molar refractivity (Wildman–Crippen MR) is 95.6 cm³/mol. The molecule has 0 radical (unpaired) electrons. The molecule has 2 aliphatic rings. The van der Waals surface area contributed by atoms with Crippen molar-refractivity contribution in [3.63, 3.8) is 0 Å². The number of hydrogen-bond donors (Lipinski definition) is 1. The zero-order valence-corrected chi connectivity index (χ0v) is 16.4. The topological polar surface area (TPSA) is 83.6 Å². The van der Waals surface area contributed by atoms with Crippen molar-refractivity contribution < 1.29 is 16.8 Å². The summed E-state index contributed by atoms with van der Waals surface area (Å²) >= 11 is 3.25. The Morgan fingerprint density at radius 1 is 1.04 bits per heavy atom. The summed E-state index contributed by atoms with van der Waals surface area (Å²) < 4.78 is 53.9. The summed E-state index contributed by atoms with van der Waals surface area (Å²) in [5.74, 6) is 0.160. The smallest absolute Gasteiger partial charge is 0.212 e. The van der Waals surface area contributed by atoms with Crippen LogP contribution in [0.3, 0.4) is 0 Å². The van der Waals surface area contributed by atoms with E-state index in [0.29, 0.717) is 36.9 Å². The molecule has 0 amide bonds. The average molecular weight is 437 g/mol. The second kappa shape index (κ2) is 7.03. The molecular formula is C15H21BrN2O4S2. The third-order valence-electron chi connectivity index (χ3n) is 4.57. The van der Waals surface area contributed by atoms with Gasteiger partial charge < -0.3 is 0 Å². The number of sulfonamides is 2. The van der Waals surface area contributed by atoms with Gasteiger partial charge in [-0.25, -0.2) is 25.9 Å². The zero-order chi connectivity index (χ0) is 17.4. The summed E-state index contributed by atoms with van der Waals surface area (Å²) in [6.45, 7) is 1.31. The Labute approximate surface area is 151 Å². The standard InChI is InChI=1S/C15H21BrN2O4S2/c16-14-3-1-2-4-15(14)23(19,20)17-11-12-7-9-18(10-8-12)24(21,22)13-5-6-13/h1-4,12-13,17H,5-11H2. The van der Waals surface area contributed by atoms with Gasteiger partial charge in [-0.2, -0.15) is 0 Å². The molecule has 6 nitrogen and oxygen atoms in total. The summed E-state index contributed by atoms with van der Waals surface area (Å²) in [5.41, 5.74) is 0. The molecule has 24 heavy (non-hydrogen) atoms. The Hall–Kier alpha value is -0.480. The van der Waals surface area contributed by atoms with Crippen molar-refractivity contribution in [2.45, 2.75) is 35.8 Å². The van der Waals surface area contributed by atoms with Crippen molar-refractivity contribution in [1.29, 1.82) is 0 Å². The molecule has 1 aliphatic carbocycles. The highest BCUT2D eigenvalue weighted by Gasteiger charge is 2.41. The van der Waals surface area contributed by atoms with Gasteiger partial charge in [-0.05, 0) is 59.7 Å². The molecule has 1 saturated carbocycles. The summed E-state index contributed by atoms with van der Waals surface area (Å²) in [7, 11) is -6.68. The highest BCUT2D eigenvalue weighted by atomic mass is 79.9. The fourth-order valence-corrected chi connectivity index (χ4v) is 6.90. The largest absolute Gasteiger partial charge is 0.241 e. The maximum Gasteiger partial charge on any atom is 0.241 e. The van der Waals surface area contributed by atoms with E-state index < -0.39 is 20.0 Å². The third kappa shape index (κ3) is 4.01. The number of nitrogens with zero attached hydrogens (tertiary/aromatic N) is 1. The van der Waals surface area contributed by atoms with Crippen LogP contribution in [0.25, 0.3) is 0 Å². The molecule has 0 atom stereocenters. The number of piperidine rings is 1. The Kier molecular flexibility index (Phi) is 5.36. The molecule has 3 rings (SSSR count). The van der Waals surface area contributed by atoms with Crippen LogP contribution in [0.15, 0.2) is 33.6 Å². The molecule has 1 N–H and O–H groups in total. The second-order valence-corrected chi connectivity index (χ2v) is 11.2. The molecule has 1 heterocycles. The second-order valence-electron chi connectivity index (χ2n) is 6.37. The maximum atomic E-state index is 12.4. The van der Waals surface area contributed by atoms with Crippen molar-refractivity contribution in [3.8, 4) is 0 Å². The Balaban J connectivity index is 1.54. The fourth-order valence-electron chi connectivity index (χ4n) is 2.91. The van der Waals surface area contributed by atoms with E-state index in [-0.39, 0.29) is 16.1 Å². The van der Waals surface area contributed by atoms with Gasteiger partial charge in [0, 0.05) is 24.1 Å². The highest BCUT2D eigenvalue weighted by molar-refractivity contribution is 9.10. The molecule has 1 aromatic rings. The van der Waals surface area contributed by atoms with Crippen LogP contribution in [0.2, 0.25) is 0 Å². The van der Waals surface area contributed by atoms with Crippen LogP contribution in [-0.4, -0.2) is 46.0 Å². The number of halogens is 1. The highest BCUT2D eigenvalue weighted by Crippen LogP contribution is 2.33. The van der Waals surface area contributed by atoms with Gasteiger partial charge in [-0.15, -0.1) is 0 Å². The molecule has 2 fully saturated rings. The molecule has 1 aliphatic heterocycles. The van der Waals surface area contributed by atoms with Gasteiger partial charge in [0.15, 0.2) is 0 Å².